The molecule has 1 aliphatic carbocycles. The number of hydrogen-bond acceptors (Lipinski definition) is 5. The topological polar surface area (TPSA) is 66.2 Å². The summed E-state index contributed by atoms with van der Waals surface area (Å²) >= 11 is 0. The quantitative estimate of drug-likeness (QED) is 0.274. The Labute approximate surface area is 187 Å². The van der Waals surface area contributed by atoms with Gasteiger partial charge in [-0.05, 0) is 36.6 Å². The van der Waals surface area contributed by atoms with Crippen molar-refractivity contribution in [3.8, 4) is 17.0 Å². The number of nitrogens with zero attached hydrogens (tertiary/aromatic N) is 3. The number of ether oxygens (including phenoxy) is 2. The van der Waals surface area contributed by atoms with Crippen LogP contribution in [-0.4, -0.2) is 39.6 Å². The van der Waals surface area contributed by atoms with E-state index < -0.39 is 0 Å². The molecule has 6 nitrogen and oxygen atoms in total. The lowest BCUT2D eigenvalue weighted by Crippen LogP contribution is -2.39. The first kappa shape index (κ1) is 20.6. The number of benzene rings is 1. The molecule has 164 valence electrons. The highest BCUT2D eigenvalue weighted by Gasteiger charge is 2.31. The monoisotopic (exact) mass is 429 g/mol. The van der Waals surface area contributed by atoms with Crippen molar-refractivity contribution in [1.82, 2.24) is 14.5 Å². The summed E-state index contributed by atoms with van der Waals surface area (Å²) in [5.74, 6) is 0.653. The molecule has 0 saturated heterocycles. The lowest BCUT2D eigenvalue weighted by Gasteiger charge is -2.34. The Hall–Kier alpha value is -3.25. The number of hydrogen-bond donors (Lipinski definition) is 0. The summed E-state index contributed by atoms with van der Waals surface area (Å²) in [5.41, 5.74) is 4.55. The molecule has 0 unspecified atom stereocenters. The Kier molecular flexibility index (Phi) is 5.86. The SMILES string of the molecule is Cn1c2ccncc2c2ccc(-c3ccc(O[C@H]4C[C@H](OCCCCC=O)C4)nc3)cc21. The van der Waals surface area contributed by atoms with Gasteiger partial charge in [0.1, 0.15) is 12.4 Å². The zero-order valence-corrected chi connectivity index (χ0v) is 18.2. The predicted molar refractivity (Wildman–Crippen MR) is 125 cm³/mol. The number of carbonyl (C=O) groups excluding carboxylic acids is 1. The summed E-state index contributed by atoms with van der Waals surface area (Å²) in [5, 5.41) is 2.37. The Balaban J connectivity index is 1.20. The maximum atomic E-state index is 10.3. The second-order valence-corrected chi connectivity index (χ2v) is 8.44. The van der Waals surface area contributed by atoms with Gasteiger partial charge in [-0.2, -0.15) is 0 Å². The summed E-state index contributed by atoms with van der Waals surface area (Å²) in [4.78, 5) is 19.1. The first-order valence-corrected chi connectivity index (χ1v) is 11.2. The summed E-state index contributed by atoms with van der Waals surface area (Å²) in [6, 6.07) is 12.6. The normalized spacial score (nSPS) is 18.0. The Morgan fingerprint density at radius 3 is 2.69 bits per heavy atom. The van der Waals surface area contributed by atoms with E-state index in [1.165, 1.54) is 21.8 Å². The third kappa shape index (κ3) is 4.10. The molecule has 3 heterocycles. The first-order chi connectivity index (χ1) is 15.7. The average Bonchev–Trinajstić information content (AvgIpc) is 3.09. The molecule has 1 saturated carbocycles. The van der Waals surface area contributed by atoms with Gasteiger partial charge in [-0.25, -0.2) is 4.98 Å². The van der Waals surface area contributed by atoms with Crippen molar-refractivity contribution in [2.45, 2.75) is 44.3 Å². The molecule has 0 bridgehead atoms. The summed E-state index contributed by atoms with van der Waals surface area (Å²) in [6.45, 7) is 0.718. The number of rotatable bonds is 9. The molecule has 0 spiro atoms. The van der Waals surface area contributed by atoms with Gasteiger partial charge in [0.15, 0.2) is 0 Å². The molecule has 32 heavy (non-hydrogen) atoms. The number of pyridine rings is 2. The number of fused-ring (bicyclic) bond motifs is 3. The molecule has 3 aromatic heterocycles. The summed E-state index contributed by atoms with van der Waals surface area (Å²) in [7, 11) is 2.09. The van der Waals surface area contributed by atoms with Crippen LogP contribution in [0.3, 0.4) is 0 Å². The summed E-state index contributed by atoms with van der Waals surface area (Å²) < 4.78 is 14.0. The van der Waals surface area contributed by atoms with Crippen molar-refractivity contribution in [1.29, 1.82) is 0 Å². The van der Waals surface area contributed by atoms with Crippen molar-refractivity contribution >= 4 is 28.1 Å². The van der Waals surface area contributed by atoms with E-state index >= 15 is 0 Å². The fourth-order valence-corrected chi connectivity index (χ4v) is 4.35. The minimum atomic E-state index is 0.161. The van der Waals surface area contributed by atoms with E-state index in [0.29, 0.717) is 12.3 Å². The molecule has 0 amide bonds. The second-order valence-electron chi connectivity index (χ2n) is 8.44. The zero-order valence-electron chi connectivity index (χ0n) is 18.2. The first-order valence-electron chi connectivity index (χ1n) is 11.2. The largest absolute Gasteiger partial charge is 0.474 e. The maximum absolute atomic E-state index is 10.3. The van der Waals surface area contributed by atoms with Gasteiger partial charge < -0.3 is 18.8 Å². The van der Waals surface area contributed by atoms with Crippen LogP contribution >= 0.6 is 0 Å². The van der Waals surface area contributed by atoms with Crippen molar-refractivity contribution in [3.63, 3.8) is 0 Å². The van der Waals surface area contributed by atoms with Gasteiger partial charge in [-0.3, -0.25) is 4.98 Å². The molecule has 0 atom stereocenters. The third-order valence-electron chi connectivity index (χ3n) is 6.29. The maximum Gasteiger partial charge on any atom is 0.213 e. The molecule has 6 heteroatoms. The van der Waals surface area contributed by atoms with Crippen LogP contribution in [0.5, 0.6) is 5.88 Å². The lowest BCUT2D eigenvalue weighted by molar-refractivity contribution is -0.108. The van der Waals surface area contributed by atoms with E-state index in [-0.39, 0.29) is 12.2 Å². The van der Waals surface area contributed by atoms with Crippen LogP contribution in [0.25, 0.3) is 32.9 Å². The third-order valence-corrected chi connectivity index (χ3v) is 6.29. The Morgan fingerprint density at radius 1 is 1.00 bits per heavy atom. The van der Waals surface area contributed by atoms with Crippen LogP contribution in [0.2, 0.25) is 0 Å². The molecular formula is C26H27N3O3. The number of unbranched alkanes of at least 4 members (excludes halogenated alkanes) is 2. The standard InChI is InChI=1S/C26H27N3O3/c1-29-24-9-10-27-17-23(24)22-7-5-18(13-25(22)29)19-6-8-26(28-16-19)32-21-14-20(15-21)31-12-4-2-3-11-30/h5-11,13,16-17,20-21H,2-4,12,14-15H2,1H3/t20-,21-. The van der Waals surface area contributed by atoms with Crippen molar-refractivity contribution in [2.24, 2.45) is 7.05 Å². The molecule has 0 radical (unpaired) electrons. The number of aldehydes is 1. The highest BCUT2D eigenvalue weighted by molar-refractivity contribution is 6.08. The summed E-state index contributed by atoms with van der Waals surface area (Å²) in [6.07, 6.45) is 11.3. The Bertz CT molecular complexity index is 1230. The fourth-order valence-electron chi connectivity index (χ4n) is 4.35. The number of aryl methyl sites for hydroxylation is 1. The minimum Gasteiger partial charge on any atom is -0.474 e. The van der Waals surface area contributed by atoms with E-state index in [9.17, 15) is 4.79 Å². The van der Waals surface area contributed by atoms with Gasteiger partial charge in [-0.15, -0.1) is 0 Å². The minimum absolute atomic E-state index is 0.161. The van der Waals surface area contributed by atoms with Crippen LogP contribution in [0, 0.1) is 0 Å². The van der Waals surface area contributed by atoms with Crippen LogP contribution in [-0.2, 0) is 16.6 Å². The average molecular weight is 430 g/mol. The number of carbonyl (C=O) groups is 1. The number of aromatic nitrogens is 3. The van der Waals surface area contributed by atoms with E-state index in [2.05, 4.69) is 45.8 Å². The smallest absolute Gasteiger partial charge is 0.213 e. The predicted octanol–water partition coefficient (Wildman–Crippen LogP) is 5.08. The Morgan fingerprint density at radius 2 is 1.88 bits per heavy atom. The van der Waals surface area contributed by atoms with Gasteiger partial charge in [0.05, 0.1) is 11.6 Å². The van der Waals surface area contributed by atoms with Gasteiger partial charge in [0, 0.05) is 79.4 Å². The van der Waals surface area contributed by atoms with Gasteiger partial charge in [0.2, 0.25) is 5.88 Å². The van der Waals surface area contributed by atoms with E-state index in [4.69, 9.17) is 9.47 Å². The molecule has 0 aliphatic heterocycles. The van der Waals surface area contributed by atoms with Crippen LogP contribution in [0.4, 0.5) is 0 Å². The van der Waals surface area contributed by atoms with Crippen molar-refractivity contribution in [2.75, 3.05) is 6.61 Å². The van der Waals surface area contributed by atoms with Gasteiger partial charge in [0.25, 0.3) is 0 Å². The highest BCUT2D eigenvalue weighted by atomic mass is 16.5. The molecule has 0 N–H and O–H groups in total. The molecular weight excluding hydrogens is 402 g/mol. The van der Waals surface area contributed by atoms with E-state index in [1.807, 2.05) is 30.7 Å². The van der Waals surface area contributed by atoms with Crippen molar-refractivity contribution in [3.05, 3.63) is 55.0 Å². The molecule has 1 aliphatic rings. The lowest BCUT2D eigenvalue weighted by atomic mass is 9.92. The molecule has 1 fully saturated rings. The van der Waals surface area contributed by atoms with Crippen LogP contribution in [0.1, 0.15) is 32.1 Å². The fraction of sp³-hybridized carbons (Fsp3) is 0.346. The van der Waals surface area contributed by atoms with Gasteiger partial charge >= 0.3 is 0 Å². The van der Waals surface area contributed by atoms with E-state index in [1.54, 1.807) is 0 Å². The van der Waals surface area contributed by atoms with Crippen LogP contribution in [0.15, 0.2) is 55.0 Å². The van der Waals surface area contributed by atoms with Crippen LogP contribution < -0.4 is 4.74 Å². The molecule has 5 rings (SSSR count). The second kappa shape index (κ2) is 9.09. The zero-order chi connectivity index (χ0) is 21.9. The van der Waals surface area contributed by atoms with Gasteiger partial charge in [-0.1, -0.05) is 12.1 Å². The van der Waals surface area contributed by atoms with Crippen molar-refractivity contribution < 1.29 is 14.3 Å². The molecule has 4 aromatic rings. The van der Waals surface area contributed by atoms with E-state index in [0.717, 1.165) is 49.7 Å². The highest BCUT2D eigenvalue weighted by Crippen LogP contribution is 2.32. The molecule has 1 aromatic carbocycles.